The number of benzene rings is 2. The maximum atomic E-state index is 14.0. The van der Waals surface area contributed by atoms with Crippen molar-refractivity contribution in [3.05, 3.63) is 54.2 Å². The highest BCUT2D eigenvalue weighted by Crippen LogP contribution is 2.47. The predicted octanol–water partition coefficient (Wildman–Crippen LogP) is 3.58. The molecule has 1 aliphatic heterocycles. The molecule has 5 rings (SSSR count). The second kappa shape index (κ2) is 7.77. The maximum absolute atomic E-state index is 14.0. The van der Waals surface area contributed by atoms with Crippen molar-refractivity contribution in [2.24, 2.45) is 11.8 Å². The van der Waals surface area contributed by atoms with Crippen molar-refractivity contribution < 1.29 is 23.1 Å². The molecule has 1 saturated carbocycles. The smallest absolute Gasteiger partial charge is 0.435 e. The van der Waals surface area contributed by atoms with E-state index in [0.717, 1.165) is 10.7 Å². The molecule has 0 radical (unpaired) electrons. The van der Waals surface area contributed by atoms with Crippen LogP contribution in [0.5, 0.6) is 0 Å². The SMILES string of the molecule is CCOC(=O)n1ncc2c(NC(=O)NC3C4CN(c5ccc(F)cc5F)CC43)cccc21. The molecule has 3 aromatic rings. The van der Waals surface area contributed by atoms with Crippen molar-refractivity contribution in [2.75, 3.05) is 29.9 Å². The van der Waals surface area contributed by atoms with Crippen molar-refractivity contribution in [1.82, 2.24) is 15.1 Å². The molecule has 1 aromatic heterocycles. The molecule has 166 valence electrons. The van der Waals surface area contributed by atoms with Crippen LogP contribution in [0.1, 0.15) is 6.92 Å². The van der Waals surface area contributed by atoms with Gasteiger partial charge in [-0.2, -0.15) is 9.78 Å². The van der Waals surface area contributed by atoms with Gasteiger partial charge in [0.05, 0.1) is 29.7 Å². The number of anilines is 2. The highest BCUT2D eigenvalue weighted by Gasteiger charge is 2.56. The summed E-state index contributed by atoms with van der Waals surface area (Å²) >= 11 is 0. The maximum Gasteiger partial charge on any atom is 0.435 e. The van der Waals surface area contributed by atoms with Gasteiger partial charge in [-0.05, 0) is 31.2 Å². The van der Waals surface area contributed by atoms with E-state index >= 15 is 0 Å². The van der Waals surface area contributed by atoms with Crippen LogP contribution in [0, 0.1) is 23.5 Å². The zero-order valence-corrected chi connectivity index (χ0v) is 17.2. The van der Waals surface area contributed by atoms with Gasteiger partial charge in [-0.1, -0.05) is 6.07 Å². The Labute approximate surface area is 182 Å². The Morgan fingerprint density at radius 2 is 1.97 bits per heavy atom. The molecular weight excluding hydrogens is 420 g/mol. The number of carbonyl (C=O) groups excluding carboxylic acids is 2. The normalized spacial score (nSPS) is 21.3. The molecule has 2 atom stereocenters. The van der Waals surface area contributed by atoms with E-state index in [-0.39, 0.29) is 30.5 Å². The van der Waals surface area contributed by atoms with Gasteiger partial charge in [-0.25, -0.2) is 18.4 Å². The van der Waals surface area contributed by atoms with Crippen molar-refractivity contribution in [3.8, 4) is 0 Å². The third kappa shape index (κ3) is 3.51. The molecular formula is C22H21F2N5O3. The molecule has 32 heavy (non-hydrogen) atoms. The van der Waals surface area contributed by atoms with Gasteiger partial charge in [0, 0.05) is 42.4 Å². The monoisotopic (exact) mass is 441 g/mol. The molecule has 2 aliphatic rings. The third-order valence-electron chi connectivity index (χ3n) is 6.04. The van der Waals surface area contributed by atoms with E-state index in [2.05, 4.69) is 15.7 Å². The Kier molecular flexibility index (Phi) is 4.91. The number of carbonyl (C=O) groups is 2. The lowest BCUT2D eigenvalue weighted by Crippen LogP contribution is -2.37. The van der Waals surface area contributed by atoms with Crippen LogP contribution in [0.4, 0.5) is 29.7 Å². The number of halogens is 2. The summed E-state index contributed by atoms with van der Waals surface area (Å²) in [6, 6.07) is 8.38. The standard InChI is InChI=1S/C22H21F2N5O3/c1-2-32-22(31)29-18-5-3-4-17(13(18)9-25-29)26-21(30)27-20-14-10-28(11-15(14)20)19-7-6-12(23)8-16(19)24/h3-9,14-15,20H,2,10-11H2,1H3,(H2,26,27,30). The van der Waals surface area contributed by atoms with Crippen molar-refractivity contribution in [2.45, 2.75) is 13.0 Å². The highest BCUT2D eigenvalue weighted by molar-refractivity contribution is 6.02. The first-order chi connectivity index (χ1) is 15.5. The van der Waals surface area contributed by atoms with E-state index in [0.29, 0.717) is 35.4 Å². The summed E-state index contributed by atoms with van der Waals surface area (Å²) < 4.78 is 33.3. The molecule has 1 aliphatic carbocycles. The first kappa shape index (κ1) is 20.2. The lowest BCUT2D eigenvalue weighted by atomic mass is 10.2. The van der Waals surface area contributed by atoms with Gasteiger partial charge < -0.3 is 20.3 Å². The van der Waals surface area contributed by atoms with Crippen LogP contribution in [0.25, 0.3) is 10.9 Å². The Hall–Kier alpha value is -3.69. The second-order valence-corrected chi connectivity index (χ2v) is 7.95. The summed E-state index contributed by atoms with van der Waals surface area (Å²) in [4.78, 5) is 26.5. The number of hydrogen-bond donors (Lipinski definition) is 2. The fraction of sp³-hybridized carbons (Fsp3) is 0.318. The van der Waals surface area contributed by atoms with Crippen LogP contribution in [-0.4, -0.2) is 47.6 Å². The first-order valence-electron chi connectivity index (χ1n) is 10.4. The van der Waals surface area contributed by atoms with Crippen molar-refractivity contribution >= 4 is 34.4 Å². The van der Waals surface area contributed by atoms with Crippen molar-refractivity contribution in [3.63, 3.8) is 0 Å². The minimum absolute atomic E-state index is 0.00350. The van der Waals surface area contributed by atoms with E-state index in [1.54, 1.807) is 25.1 Å². The number of aromatic nitrogens is 2. The van der Waals surface area contributed by atoms with Crippen LogP contribution in [0.15, 0.2) is 42.6 Å². The Balaban J connectivity index is 1.21. The summed E-state index contributed by atoms with van der Waals surface area (Å²) in [5.74, 6) is -0.750. The number of nitrogens with zero attached hydrogens (tertiary/aromatic N) is 3. The van der Waals surface area contributed by atoms with Crippen LogP contribution >= 0.6 is 0 Å². The number of rotatable bonds is 4. The predicted molar refractivity (Wildman–Crippen MR) is 114 cm³/mol. The van der Waals surface area contributed by atoms with Gasteiger partial charge in [0.2, 0.25) is 0 Å². The lowest BCUT2D eigenvalue weighted by molar-refractivity contribution is 0.151. The number of nitrogens with one attached hydrogen (secondary N) is 2. The Morgan fingerprint density at radius 1 is 1.19 bits per heavy atom. The molecule has 2 N–H and O–H groups in total. The van der Waals surface area contributed by atoms with Gasteiger partial charge in [-0.3, -0.25) is 0 Å². The summed E-state index contributed by atoms with van der Waals surface area (Å²) in [5.41, 5.74) is 1.44. The zero-order valence-electron chi connectivity index (χ0n) is 17.2. The van der Waals surface area contributed by atoms with Gasteiger partial charge in [0.15, 0.2) is 0 Å². The summed E-state index contributed by atoms with van der Waals surface area (Å²) in [6.07, 6.45) is 0.917. The number of amides is 2. The minimum Gasteiger partial charge on any atom is -0.448 e. The molecule has 0 spiro atoms. The third-order valence-corrected chi connectivity index (χ3v) is 6.04. The van der Waals surface area contributed by atoms with Crippen molar-refractivity contribution in [1.29, 1.82) is 0 Å². The molecule has 2 aromatic carbocycles. The zero-order chi connectivity index (χ0) is 22.4. The number of ether oxygens (including phenoxy) is 1. The molecule has 10 heteroatoms. The first-order valence-corrected chi connectivity index (χ1v) is 10.4. The van der Waals surface area contributed by atoms with E-state index in [9.17, 15) is 18.4 Å². The Morgan fingerprint density at radius 3 is 2.69 bits per heavy atom. The highest BCUT2D eigenvalue weighted by atomic mass is 19.1. The van der Waals surface area contributed by atoms with E-state index in [1.165, 1.54) is 18.3 Å². The van der Waals surface area contributed by atoms with E-state index < -0.39 is 17.7 Å². The fourth-order valence-electron chi connectivity index (χ4n) is 4.47. The molecule has 1 saturated heterocycles. The Bertz CT molecular complexity index is 1200. The average molecular weight is 441 g/mol. The summed E-state index contributed by atoms with van der Waals surface area (Å²) in [5, 5.41) is 10.5. The average Bonchev–Trinajstić information content (AvgIpc) is 3.12. The molecule has 2 heterocycles. The van der Waals surface area contributed by atoms with Gasteiger partial charge in [0.1, 0.15) is 11.6 Å². The lowest BCUT2D eigenvalue weighted by Gasteiger charge is -2.23. The second-order valence-electron chi connectivity index (χ2n) is 7.95. The fourth-order valence-corrected chi connectivity index (χ4v) is 4.47. The molecule has 0 bridgehead atoms. The number of piperidine rings is 1. The molecule has 8 nitrogen and oxygen atoms in total. The largest absolute Gasteiger partial charge is 0.448 e. The topological polar surface area (TPSA) is 88.5 Å². The van der Waals surface area contributed by atoms with Crippen LogP contribution in [0.3, 0.4) is 0 Å². The van der Waals surface area contributed by atoms with E-state index in [4.69, 9.17) is 4.74 Å². The molecule has 2 unspecified atom stereocenters. The minimum atomic E-state index is -0.602. The molecule has 2 amide bonds. The van der Waals surface area contributed by atoms with Crippen LogP contribution in [-0.2, 0) is 4.74 Å². The molecule has 2 fully saturated rings. The van der Waals surface area contributed by atoms with E-state index in [1.807, 2.05) is 4.90 Å². The quantitative estimate of drug-likeness (QED) is 0.646. The number of hydrogen-bond acceptors (Lipinski definition) is 5. The van der Waals surface area contributed by atoms with Crippen LogP contribution in [0.2, 0.25) is 0 Å². The summed E-state index contributed by atoms with van der Waals surface area (Å²) in [7, 11) is 0. The van der Waals surface area contributed by atoms with Gasteiger partial charge in [0.25, 0.3) is 0 Å². The van der Waals surface area contributed by atoms with Gasteiger partial charge >= 0.3 is 12.1 Å². The van der Waals surface area contributed by atoms with Crippen LogP contribution < -0.4 is 15.5 Å². The van der Waals surface area contributed by atoms with Gasteiger partial charge in [-0.15, -0.1) is 0 Å². The number of fused-ring (bicyclic) bond motifs is 2. The summed E-state index contributed by atoms with van der Waals surface area (Å²) in [6.45, 7) is 3.14. The number of urea groups is 1.